The Kier molecular flexibility index (Phi) is 14.3. The third-order valence-corrected chi connectivity index (χ3v) is 0.235. The van der Waals surface area contributed by atoms with Gasteiger partial charge in [-0.1, -0.05) is 0 Å². The Morgan fingerprint density at radius 3 is 2.00 bits per heavy atom. The van der Waals surface area contributed by atoms with E-state index in [1.54, 1.807) is 13.8 Å². The normalized spacial score (nSPS) is 7.67. The van der Waals surface area contributed by atoms with Gasteiger partial charge in [-0.15, -0.1) is 23.2 Å². The van der Waals surface area contributed by atoms with Crippen molar-refractivity contribution >= 4 is 29.7 Å². The summed E-state index contributed by atoms with van der Waals surface area (Å²) >= 11 is 10.1. The Balaban J connectivity index is 0. The summed E-state index contributed by atoms with van der Waals surface area (Å²) in [4.78, 5) is 8.96. The summed E-state index contributed by atoms with van der Waals surface area (Å²) in [6.07, 6.45) is 0. The van der Waals surface area contributed by atoms with E-state index in [0.717, 1.165) is 0 Å². The van der Waals surface area contributed by atoms with Crippen molar-refractivity contribution in [1.82, 2.24) is 0 Å². The van der Waals surface area contributed by atoms with Gasteiger partial charge in [0.25, 0.3) is 6.47 Å². The molecule has 4 heteroatoms. The van der Waals surface area contributed by atoms with Crippen LogP contribution in [0.3, 0.4) is 0 Å². The van der Waals surface area contributed by atoms with Crippen LogP contribution in [0.15, 0.2) is 0 Å². The van der Waals surface area contributed by atoms with Gasteiger partial charge in [-0.2, -0.15) is 0 Å². The molecular weight excluding hydrogens is 163 g/mol. The first kappa shape index (κ1) is 11.8. The molecule has 0 amide bonds. The molecule has 0 atom stereocenters. The van der Waals surface area contributed by atoms with Gasteiger partial charge in [0.1, 0.15) is 4.84 Å². The fourth-order valence-corrected chi connectivity index (χ4v) is 0.0680. The van der Waals surface area contributed by atoms with Crippen molar-refractivity contribution in [2.45, 2.75) is 18.7 Å². The zero-order valence-corrected chi connectivity index (χ0v) is 6.95. The van der Waals surface area contributed by atoms with E-state index in [9.17, 15) is 4.79 Å². The van der Waals surface area contributed by atoms with Crippen molar-refractivity contribution in [1.29, 1.82) is 0 Å². The molecule has 0 unspecified atom stereocenters. The summed E-state index contributed by atoms with van der Waals surface area (Å²) < 4.78 is 4.15. The SMILES string of the molecule is CC(Cl)Cl.CCOC=O. The minimum atomic E-state index is -0.222. The molecule has 2 nitrogen and oxygen atoms in total. The van der Waals surface area contributed by atoms with Gasteiger partial charge in [0.15, 0.2) is 0 Å². The van der Waals surface area contributed by atoms with Crippen LogP contribution in [0.25, 0.3) is 0 Å². The van der Waals surface area contributed by atoms with Crippen molar-refractivity contribution in [2.75, 3.05) is 6.61 Å². The van der Waals surface area contributed by atoms with Crippen LogP contribution in [0.5, 0.6) is 0 Å². The molecule has 9 heavy (non-hydrogen) atoms. The van der Waals surface area contributed by atoms with Crippen LogP contribution in [0.4, 0.5) is 0 Å². The molecule has 0 bridgehead atoms. The molecule has 0 saturated heterocycles. The Hall–Kier alpha value is 0.0500. The van der Waals surface area contributed by atoms with E-state index >= 15 is 0 Å². The van der Waals surface area contributed by atoms with Gasteiger partial charge in [0.2, 0.25) is 0 Å². The minimum absolute atomic E-state index is 0.222. The molecule has 0 aliphatic rings. The monoisotopic (exact) mass is 172 g/mol. The highest BCUT2D eigenvalue weighted by atomic mass is 35.5. The number of hydrogen-bond donors (Lipinski definition) is 0. The minimum Gasteiger partial charge on any atom is -0.468 e. The molecule has 56 valence electrons. The molecule has 0 aromatic heterocycles. The zero-order valence-electron chi connectivity index (χ0n) is 5.43. The zero-order chi connectivity index (χ0) is 7.70. The highest BCUT2D eigenvalue weighted by Crippen LogP contribution is 1.95. The second-order valence-corrected chi connectivity index (χ2v) is 2.60. The molecule has 0 aromatic carbocycles. The quantitative estimate of drug-likeness (QED) is 0.471. The molecule has 0 aromatic rings. The summed E-state index contributed by atoms with van der Waals surface area (Å²) in [5.41, 5.74) is 0. The number of halogens is 2. The first-order chi connectivity index (χ1) is 4.15. The Morgan fingerprint density at radius 1 is 1.67 bits per heavy atom. The van der Waals surface area contributed by atoms with E-state index < -0.39 is 0 Å². The molecule has 0 saturated carbocycles. The van der Waals surface area contributed by atoms with E-state index in [4.69, 9.17) is 23.2 Å². The van der Waals surface area contributed by atoms with Gasteiger partial charge in [-0.25, -0.2) is 0 Å². The van der Waals surface area contributed by atoms with Crippen molar-refractivity contribution in [3.8, 4) is 0 Å². The highest BCUT2D eigenvalue weighted by Gasteiger charge is 1.75. The van der Waals surface area contributed by atoms with E-state index in [0.29, 0.717) is 13.1 Å². The third-order valence-electron chi connectivity index (χ3n) is 0.235. The number of hydrogen-bond acceptors (Lipinski definition) is 2. The third kappa shape index (κ3) is 70.1. The van der Waals surface area contributed by atoms with Crippen LogP contribution in [0.1, 0.15) is 13.8 Å². The summed E-state index contributed by atoms with van der Waals surface area (Å²) in [7, 11) is 0. The lowest BCUT2D eigenvalue weighted by atomic mass is 10.9. The lowest BCUT2D eigenvalue weighted by molar-refractivity contribution is -0.128. The second-order valence-electron chi connectivity index (χ2n) is 1.07. The van der Waals surface area contributed by atoms with Crippen LogP contribution >= 0.6 is 23.2 Å². The first-order valence-electron chi connectivity index (χ1n) is 2.48. The van der Waals surface area contributed by atoms with Gasteiger partial charge in [-0.05, 0) is 13.8 Å². The van der Waals surface area contributed by atoms with Crippen molar-refractivity contribution in [3.63, 3.8) is 0 Å². The number of rotatable bonds is 2. The molecule has 0 fully saturated rings. The van der Waals surface area contributed by atoms with Crippen LogP contribution in [-0.4, -0.2) is 17.9 Å². The summed E-state index contributed by atoms with van der Waals surface area (Å²) in [5, 5.41) is 0. The van der Waals surface area contributed by atoms with E-state index in [1.807, 2.05) is 0 Å². The molecule has 0 heterocycles. The van der Waals surface area contributed by atoms with Gasteiger partial charge in [0, 0.05) is 0 Å². The molecule has 0 rings (SSSR count). The number of carbonyl (C=O) groups is 1. The summed E-state index contributed by atoms with van der Waals surface area (Å²) in [5.74, 6) is 0. The molecule has 0 aliphatic carbocycles. The van der Waals surface area contributed by atoms with Gasteiger partial charge in [-0.3, -0.25) is 4.79 Å². The van der Waals surface area contributed by atoms with E-state index in [1.165, 1.54) is 0 Å². The Bertz CT molecular complexity index is 54.2. The van der Waals surface area contributed by atoms with E-state index in [2.05, 4.69) is 4.74 Å². The number of ether oxygens (including phenoxy) is 1. The van der Waals surface area contributed by atoms with Crippen LogP contribution in [-0.2, 0) is 9.53 Å². The Labute approximate surface area is 65.1 Å². The lowest BCUT2D eigenvalue weighted by Gasteiger charge is -1.79. The van der Waals surface area contributed by atoms with Gasteiger partial charge >= 0.3 is 0 Å². The largest absolute Gasteiger partial charge is 0.468 e. The van der Waals surface area contributed by atoms with Crippen molar-refractivity contribution in [3.05, 3.63) is 0 Å². The molecule has 0 N–H and O–H groups in total. The molecule has 0 radical (unpaired) electrons. The van der Waals surface area contributed by atoms with Crippen LogP contribution in [0, 0.1) is 0 Å². The van der Waals surface area contributed by atoms with Crippen molar-refractivity contribution < 1.29 is 9.53 Å². The van der Waals surface area contributed by atoms with Gasteiger partial charge < -0.3 is 4.74 Å². The first-order valence-corrected chi connectivity index (χ1v) is 3.35. The average molecular weight is 173 g/mol. The average Bonchev–Trinajstić information content (AvgIpc) is 1.66. The molecule has 0 aliphatic heterocycles. The molecular formula is C5H10Cl2O2. The predicted octanol–water partition coefficient (Wildman–Crippen LogP) is 1.99. The number of carbonyl (C=O) groups excluding carboxylic acids is 1. The van der Waals surface area contributed by atoms with Crippen LogP contribution < -0.4 is 0 Å². The van der Waals surface area contributed by atoms with Crippen molar-refractivity contribution in [2.24, 2.45) is 0 Å². The highest BCUT2D eigenvalue weighted by molar-refractivity contribution is 6.43. The topological polar surface area (TPSA) is 26.3 Å². The molecule has 0 spiro atoms. The van der Waals surface area contributed by atoms with Gasteiger partial charge in [0.05, 0.1) is 6.61 Å². The number of alkyl halides is 2. The predicted molar refractivity (Wildman–Crippen MR) is 38.9 cm³/mol. The fourth-order valence-electron chi connectivity index (χ4n) is 0.0680. The maximum Gasteiger partial charge on any atom is 0.293 e. The maximum atomic E-state index is 9.18. The van der Waals surface area contributed by atoms with Crippen LogP contribution in [0.2, 0.25) is 0 Å². The lowest BCUT2D eigenvalue weighted by Crippen LogP contribution is -1.80. The smallest absolute Gasteiger partial charge is 0.293 e. The van der Waals surface area contributed by atoms with E-state index in [-0.39, 0.29) is 4.84 Å². The summed E-state index contributed by atoms with van der Waals surface area (Å²) in [6, 6.07) is 0. The maximum absolute atomic E-state index is 9.18. The standard InChI is InChI=1S/C3H6O2.C2H4Cl2/c1-2-5-3-4;1-2(3)4/h3H,2H2,1H3;2H,1H3. The Morgan fingerprint density at radius 2 is 2.00 bits per heavy atom. The summed E-state index contributed by atoms with van der Waals surface area (Å²) in [6.45, 7) is 4.36. The second kappa shape index (κ2) is 10.9. The fraction of sp³-hybridized carbons (Fsp3) is 0.800.